The van der Waals surface area contributed by atoms with E-state index < -0.39 is 7.82 Å². The summed E-state index contributed by atoms with van der Waals surface area (Å²) in [6.07, 6.45) is 0. The maximum atomic E-state index is 8.88. The summed E-state index contributed by atoms with van der Waals surface area (Å²) >= 11 is 0. The molecule has 0 heterocycles. The van der Waals surface area contributed by atoms with Crippen LogP contribution in [0.1, 0.15) is 0 Å². The average molecular weight is 164 g/mol. The average Bonchev–Trinajstić information content (AvgIpc) is 0.722. The van der Waals surface area contributed by atoms with Gasteiger partial charge in [0.25, 0.3) is 0 Å². The fourth-order valence-corrected chi connectivity index (χ4v) is 0. The van der Waals surface area contributed by atoms with Gasteiger partial charge < -0.3 is 20.2 Å². The van der Waals surface area contributed by atoms with E-state index in [0.717, 1.165) is 0 Å². The Labute approximate surface area is 54.8 Å². The molecule has 0 unspecified atom stereocenters. The van der Waals surface area contributed by atoms with Crippen molar-refractivity contribution in [2.24, 2.45) is 0 Å². The van der Waals surface area contributed by atoms with E-state index in [1.807, 2.05) is 0 Å². The molecule has 44 valence electrons. The first-order valence-corrected chi connectivity index (χ1v) is 2.35. The fourth-order valence-electron chi connectivity index (χ4n) is 0. The van der Waals surface area contributed by atoms with Crippen molar-refractivity contribution < 1.29 is 46.4 Å². The zero-order chi connectivity index (χ0) is 4.50. The standard InChI is InChI=1S/H3O4P.H2O.Ti/c1-5(2,3)4;;/h(H3,1,2,3,4);1H2;. The van der Waals surface area contributed by atoms with Crippen LogP contribution in [0.4, 0.5) is 0 Å². The summed E-state index contributed by atoms with van der Waals surface area (Å²) in [5, 5.41) is 0. The van der Waals surface area contributed by atoms with Crippen LogP contribution in [0, 0.1) is 0 Å². The van der Waals surface area contributed by atoms with E-state index in [0.29, 0.717) is 0 Å². The Morgan fingerprint density at radius 3 is 1.14 bits per heavy atom. The van der Waals surface area contributed by atoms with Gasteiger partial charge in [0, 0.05) is 21.7 Å². The van der Waals surface area contributed by atoms with Gasteiger partial charge in [-0.2, -0.15) is 0 Å². The van der Waals surface area contributed by atoms with Crippen LogP contribution in [0.15, 0.2) is 0 Å². The monoisotopic (exact) mass is 164 g/mol. The van der Waals surface area contributed by atoms with Crippen LogP contribution < -0.4 is 0 Å². The van der Waals surface area contributed by atoms with Gasteiger partial charge in [0.05, 0.1) is 0 Å². The minimum Gasteiger partial charge on any atom is -0.412 e. The van der Waals surface area contributed by atoms with Crippen molar-refractivity contribution in [2.75, 3.05) is 0 Å². The summed E-state index contributed by atoms with van der Waals surface area (Å²) in [5.41, 5.74) is 0. The minimum atomic E-state index is -4.64. The molecule has 7 heteroatoms. The van der Waals surface area contributed by atoms with Crippen LogP contribution in [0.3, 0.4) is 0 Å². The Bertz CT molecular complexity index is 54.2. The van der Waals surface area contributed by atoms with E-state index >= 15 is 0 Å². The Morgan fingerprint density at radius 1 is 1.14 bits per heavy atom. The van der Waals surface area contributed by atoms with Gasteiger partial charge in [0.15, 0.2) is 0 Å². The van der Waals surface area contributed by atoms with Gasteiger partial charge in [-0.1, -0.05) is 0 Å². The van der Waals surface area contributed by atoms with Crippen molar-refractivity contribution in [1.29, 1.82) is 0 Å². The first-order chi connectivity index (χ1) is 2.00. The molecule has 0 saturated heterocycles. The van der Waals surface area contributed by atoms with Crippen molar-refractivity contribution >= 4 is 7.82 Å². The van der Waals surface area contributed by atoms with Crippen molar-refractivity contribution in [2.45, 2.75) is 0 Å². The molecule has 5 N–H and O–H groups in total. The van der Waals surface area contributed by atoms with Crippen LogP contribution in [0.5, 0.6) is 0 Å². The molecule has 0 aromatic carbocycles. The summed E-state index contributed by atoms with van der Waals surface area (Å²) in [6, 6.07) is 0. The molecule has 7 heavy (non-hydrogen) atoms. The second-order valence-corrected chi connectivity index (χ2v) is 1.54. The summed E-state index contributed by atoms with van der Waals surface area (Å²) < 4.78 is 8.88. The third kappa shape index (κ3) is 252. The quantitative estimate of drug-likeness (QED) is 0.291. The Hall–Kier alpha value is 0.784. The van der Waals surface area contributed by atoms with Gasteiger partial charge in [-0.05, 0) is 0 Å². The molecule has 0 amide bonds. The van der Waals surface area contributed by atoms with Crippen molar-refractivity contribution in [3.05, 3.63) is 0 Å². The van der Waals surface area contributed by atoms with Crippen LogP contribution >= 0.6 is 7.82 Å². The topological polar surface area (TPSA) is 109 Å². The van der Waals surface area contributed by atoms with E-state index in [2.05, 4.69) is 0 Å². The van der Waals surface area contributed by atoms with E-state index in [4.69, 9.17) is 19.2 Å². The Kier molecular flexibility index (Phi) is 11.0. The van der Waals surface area contributed by atoms with Crippen molar-refractivity contribution in [1.82, 2.24) is 0 Å². The second kappa shape index (κ2) is 4.93. The molecule has 0 aromatic heterocycles. The van der Waals surface area contributed by atoms with E-state index in [1.54, 1.807) is 0 Å². The zero-order valence-electron chi connectivity index (χ0n) is 3.20. The second-order valence-electron chi connectivity index (χ2n) is 0.513. The number of phosphoric acid groups is 1. The van der Waals surface area contributed by atoms with Crippen LogP contribution in [-0.2, 0) is 26.3 Å². The van der Waals surface area contributed by atoms with E-state index in [-0.39, 0.29) is 27.2 Å². The van der Waals surface area contributed by atoms with Crippen LogP contribution in [-0.4, -0.2) is 20.2 Å². The molecular formula is H5O5PTi. The SMILES string of the molecule is O.O=P(O)(O)O.[Ti]. The molecule has 0 aliphatic rings. The van der Waals surface area contributed by atoms with Gasteiger partial charge in [-0.15, -0.1) is 0 Å². The van der Waals surface area contributed by atoms with Crippen LogP contribution in [0.2, 0.25) is 0 Å². The Morgan fingerprint density at radius 2 is 1.14 bits per heavy atom. The van der Waals surface area contributed by atoms with E-state index in [1.165, 1.54) is 0 Å². The number of rotatable bonds is 0. The first kappa shape index (κ1) is 15.7. The summed E-state index contributed by atoms with van der Waals surface area (Å²) in [6.45, 7) is 0. The molecular weight excluding hydrogens is 159 g/mol. The first-order valence-electron chi connectivity index (χ1n) is 0.783. The predicted octanol–water partition coefficient (Wildman–Crippen LogP) is -1.76. The normalized spacial score (nSPS) is 8.43. The molecule has 0 radical (unpaired) electrons. The predicted molar refractivity (Wildman–Crippen MR) is 17.9 cm³/mol. The number of hydrogen-bond acceptors (Lipinski definition) is 1. The molecule has 0 fully saturated rings. The molecule has 0 aliphatic heterocycles. The maximum Gasteiger partial charge on any atom is 0.466 e. The molecule has 5 nitrogen and oxygen atoms in total. The van der Waals surface area contributed by atoms with Gasteiger partial charge in [-0.3, -0.25) is 0 Å². The largest absolute Gasteiger partial charge is 0.466 e. The Balaban J connectivity index is -0.0000000800. The third-order valence-electron chi connectivity index (χ3n) is 0. The number of hydrogen-bond donors (Lipinski definition) is 3. The van der Waals surface area contributed by atoms with E-state index in [9.17, 15) is 0 Å². The van der Waals surface area contributed by atoms with Crippen molar-refractivity contribution in [3.63, 3.8) is 0 Å². The van der Waals surface area contributed by atoms with Gasteiger partial charge in [-0.25, -0.2) is 4.57 Å². The summed E-state index contributed by atoms with van der Waals surface area (Å²) in [5.74, 6) is 0. The molecule has 0 rings (SSSR count). The molecule has 0 spiro atoms. The smallest absolute Gasteiger partial charge is 0.412 e. The summed E-state index contributed by atoms with van der Waals surface area (Å²) in [7, 11) is -4.64. The van der Waals surface area contributed by atoms with Gasteiger partial charge in [0.2, 0.25) is 0 Å². The molecule has 0 saturated carbocycles. The molecule has 0 aliphatic carbocycles. The van der Waals surface area contributed by atoms with Gasteiger partial charge in [0.1, 0.15) is 0 Å². The van der Waals surface area contributed by atoms with Gasteiger partial charge >= 0.3 is 7.82 Å². The minimum absolute atomic E-state index is 0. The fraction of sp³-hybridized carbons (Fsp3) is 0. The van der Waals surface area contributed by atoms with Crippen molar-refractivity contribution in [3.8, 4) is 0 Å². The third-order valence-corrected chi connectivity index (χ3v) is 0. The van der Waals surface area contributed by atoms with Crippen LogP contribution in [0.25, 0.3) is 0 Å². The maximum absolute atomic E-state index is 8.88. The molecule has 0 bridgehead atoms. The zero-order valence-corrected chi connectivity index (χ0v) is 5.65. The molecule has 0 aromatic rings. The summed E-state index contributed by atoms with van der Waals surface area (Å²) in [4.78, 5) is 21.6. The molecule has 0 atom stereocenters.